The number of nitrogens with one attached hydrogen (secondary N) is 2. The number of carbonyl (C=O) groups is 2. The summed E-state index contributed by atoms with van der Waals surface area (Å²) in [5.41, 5.74) is 6.63. The molecule has 2 aromatic heterocycles. The standard InChI is InChI=1S/C16H19N5O3S2/c1-7(8-4-18-13-9(8)5-19-16(17)21-13)11-2-3-12(26-11)14(22)20-10(6-25)15(23)24/h2-3,5,7-8,10,25H,4,6H2,1H3,(H,20,22)(H,23,24)(H3,17,18,19,21)/t7?,8?,10-/m0/s1. The van der Waals surface area contributed by atoms with Crippen molar-refractivity contribution < 1.29 is 14.7 Å². The molecule has 1 aliphatic rings. The highest BCUT2D eigenvalue weighted by Gasteiger charge is 2.31. The number of nitrogens with zero attached hydrogens (tertiary/aromatic N) is 2. The lowest BCUT2D eigenvalue weighted by atomic mass is 9.89. The van der Waals surface area contributed by atoms with Gasteiger partial charge in [0.05, 0.1) is 4.88 Å². The van der Waals surface area contributed by atoms with E-state index >= 15 is 0 Å². The van der Waals surface area contributed by atoms with Crippen molar-refractivity contribution in [1.82, 2.24) is 15.3 Å². The van der Waals surface area contributed by atoms with E-state index < -0.39 is 17.9 Å². The van der Waals surface area contributed by atoms with E-state index in [4.69, 9.17) is 10.8 Å². The molecule has 1 aliphatic heterocycles. The molecule has 0 spiro atoms. The van der Waals surface area contributed by atoms with Gasteiger partial charge in [0.15, 0.2) is 0 Å². The Bertz CT molecular complexity index is 841. The number of fused-ring (bicyclic) bond motifs is 1. The molecular formula is C16H19N5O3S2. The van der Waals surface area contributed by atoms with Crippen LogP contribution in [0.3, 0.4) is 0 Å². The number of carboxylic acid groups (broad SMARTS) is 1. The molecule has 0 aromatic carbocycles. The second kappa shape index (κ2) is 7.50. The fraction of sp³-hybridized carbons (Fsp3) is 0.375. The highest BCUT2D eigenvalue weighted by molar-refractivity contribution is 7.80. The van der Waals surface area contributed by atoms with Crippen molar-refractivity contribution in [1.29, 1.82) is 0 Å². The third-order valence-corrected chi connectivity index (χ3v) is 6.06. The van der Waals surface area contributed by atoms with Crippen LogP contribution < -0.4 is 16.4 Å². The van der Waals surface area contributed by atoms with Gasteiger partial charge in [0, 0.05) is 34.9 Å². The van der Waals surface area contributed by atoms with Gasteiger partial charge in [0.1, 0.15) is 11.9 Å². The molecule has 1 amide bonds. The summed E-state index contributed by atoms with van der Waals surface area (Å²) >= 11 is 5.31. The van der Waals surface area contributed by atoms with Crippen LogP contribution in [0.1, 0.15) is 38.9 Å². The molecule has 0 saturated heterocycles. The van der Waals surface area contributed by atoms with Gasteiger partial charge in [-0.25, -0.2) is 9.78 Å². The molecule has 0 bridgehead atoms. The Labute approximate surface area is 159 Å². The quantitative estimate of drug-likeness (QED) is 0.471. The van der Waals surface area contributed by atoms with E-state index in [1.165, 1.54) is 11.3 Å². The van der Waals surface area contributed by atoms with Crippen molar-refractivity contribution in [2.45, 2.75) is 24.8 Å². The number of thiol groups is 1. The molecule has 3 rings (SSSR count). The van der Waals surface area contributed by atoms with Crippen LogP contribution in [-0.4, -0.2) is 45.3 Å². The van der Waals surface area contributed by atoms with Crippen molar-refractivity contribution in [2.24, 2.45) is 0 Å². The number of carboxylic acids is 1. The number of carbonyl (C=O) groups excluding carboxylic acids is 1. The van der Waals surface area contributed by atoms with Crippen LogP contribution in [0.25, 0.3) is 0 Å². The zero-order chi connectivity index (χ0) is 18.8. The summed E-state index contributed by atoms with van der Waals surface area (Å²) in [6.45, 7) is 2.80. The predicted octanol–water partition coefficient (Wildman–Crippen LogP) is 1.55. The number of amides is 1. The van der Waals surface area contributed by atoms with Crippen LogP contribution in [0, 0.1) is 0 Å². The third kappa shape index (κ3) is 3.61. The van der Waals surface area contributed by atoms with E-state index in [1.807, 2.05) is 6.07 Å². The summed E-state index contributed by atoms with van der Waals surface area (Å²) in [4.78, 5) is 33.1. The Morgan fingerprint density at radius 2 is 2.31 bits per heavy atom. The molecule has 2 aromatic rings. The normalized spacial score (nSPS) is 17.8. The van der Waals surface area contributed by atoms with Gasteiger partial charge in [-0.05, 0) is 18.1 Å². The van der Waals surface area contributed by atoms with Gasteiger partial charge in [-0.2, -0.15) is 17.6 Å². The minimum atomic E-state index is -1.11. The molecule has 0 radical (unpaired) electrons. The van der Waals surface area contributed by atoms with Gasteiger partial charge in [0.2, 0.25) is 5.95 Å². The van der Waals surface area contributed by atoms with Crippen LogP contribution in [-0.2, 0) is 4.79 Å². The molecule has 8 nitrogen and oxygen atoms in total. The van der Waals surface area contributed by atoms with E-state index in [0.29, 0.717) is 4.88 Å². The molecule has 10 heteroatoms. The van der Waals surface area contributed by atoms with E-state index in [9.17, 15) is 9.59 Å². The summed E-state index contributed by atoms with van der Waals surface area (Å²) in [5, 5.41) is 14.7. The molecule has 5 N–H and O–H groups in total. The molecule has 0 fully saturated rings. The first-order chi connectivity index (χ1) is 12.4. The summed E-state index contributed by atoms with van der Waals surface area (Å²) in [5.74, 6) is -0.184. The number of nitrogens with two attached hydrogens (primary N) is 1. The number of rotatable bonds is 6. The first kappa shape index (κ1) is 18.5. The lowest BCUT2D eigenvalue weighted by molar-refractivity contribution is -0.138. The maximum absolute atomic E-state index is 12.3. The number of aromatic nitrogens is 2. The second-order valence-corrected chi connectivity index (χ2v) is 7.54. The molecule has 26 heavy (non-hydrogen) atoms. The lowest BCUT2D eigenvalue weighted by Gasteiger charge is -2.17. The largest absolute Gasteiger partial charge is 0.480 e. The van der Waals surface area contributed by atoms with E-state index in [0.717, 1.165) is 22.8 Å². The van der Waals surface area contributed by atoms with Crippen LogP contribution in [0.4, 0.5) is 11.8 Å². The molecular weight excluding hydrogens is 374 g/mol. The zero-order valence-electron chi connectivity index (χ0n) is 14.0. The van der Waals surface area contributed by atoms with Crippen LogP contribution in [0.5, 0.6) is 0 Å². The van der Waals surface area contributed by atoms with Gasteiger partial charge < -0.3 is 21.5 Å². The van der Waals surface area contributed by atoms with Gasteiger partial charge in [-0.15, -0.1) is 11.3 Å². The Hall–Kier alpha value is -2.33. The first-order valence-electron chi connectivity index (χ1n) is 8.01. The van der Waals surface area contributed by atoms with Crippen molar-refractivity contribution in [3.8, 4) is 0 Å². The fourth-order valence-corrected chi connectivity index (χ4v) is 4.19. The van der Waals surface area contributed by atoms with Crippen molar-refractivity contribution in [3.63, 3.8) is 0 Å². The smallest absolute Gasteiger partial charge is 0.327 e. The SMILES string of the molecule is CC(c1ccc(C(=O)N[C@@H](CS)C(=O)O)s1)C1CNc2nc(N)ncc21. The summed E-state index contributed by atoms with van der Waals surface area (Å²) in [7, 11) is 0. The van der Waals surface area contributed by atoms with Crippen LogP contribution in [0.15, 0.2) is 18.3 Å². The molecule has 0 saturated carbocycles. The average Bonchev–Trinajstić information content (AvgIpc) is 3.25. The zero-order valence-corrected chi connectivity index (χ0v) is 15.7. The second-order valence-electron chi connectivity index (χ2n) is 6.06. The summed E-state index contributed by atoms with van der Waals surface area (Å²) in [6, 6.07) is 2.60. The molecule has 3 atom stereocenters. The lowest BCUT2D eigenvalue weighted by Crippen LogP contribution is -2.41. The minimum absolute atomic E-state index is 0.0311. The third-order valence-electron chi connectivity index (χ3n) is 4.41. The number of hydrogen-bond donors (Lipinski definition) is 5. The topological polar surface area (TPSA) is 130 Å². The van der Waals surface area contributed by atoms with Crippen molar-refractivity contribution in [3.05, 3.63) is 33.6 Å². The number of hydrogen-bond acceptors (Lipinski definition) is 8. The van der Waals surface area contributed by atoms with Gasteiger partial charge in [0.25, 0.3) is 5.91 Å². The highest BCUT2D eigenvalue weighted by Crippen LogP contribution is 2.41. The van der Waals surface area contributed by atoms with Gasteiger partial charge >= 0.3 is 5.97 Å². The number of nitrogen functional groups attached to an aromatic ring is 1. The maximum Gasteiger partial charge on any atom is 0.327 e. The van der Waals surface area contributed by atoms with Crippen LogP contribution in [0.2, 0.25) is 0 Å². The Kier molecular flexibility index (Phi) is 5.33. The van der Waals surface area contributed by atoms with Crippen molar-refractivity contribution >= 4 is 47.6 Å². The summed E-state index contributed by atoms with van der Waals surface area (Å²) in [6.07, 6.45) is 1.74. The van der Waals surface area contributed by atoms with Crippen LogP contribution >= 0.6 is 24.0 Å². The van der Waals surface area contributed by atoms with E-state index in [2.05, 4.69) is 40.2 Å². The van der Waals surface area contributed by atoms with Gasteiger partial charge in [-0.3, -0.25) is 4.79 Å². The number of aliphatic carboxylic acids is 1. The number of anilines is 2. The predicted molar refractivity (Wildman–Crippen MR) is 103 cm³/mol. The van der Waals surface area contributed by atoms with E-state index in [1.54, 1.807) is 12.3 Å². The summed E-state index contributed by atoms with van der Waals surface area (Å²) < 4.78 is 0. The van der Waals surface area contributed by atoms with Crippen molar-refractivity contribution in [2.75, 3.05) is 23.3 Å². The number of thiophene rings is 1. The molecule has 0 aliphatic carbocycles. The molecule has 138 valence electrons. The minimum Gasteiger partial charge on any atom is -0.480 e. The molecule has 3 heterocycles. The average molecular weight is 393 g/mol. The fourth-order valence-electron chi connectivity index (χ4n) is 2.91. The Morgan fingerprint density at radius 1 is 1.54 bits per heavy atom. The monoisotopic (exact) mass is 393 g/mol. The Morgan fingerprint density at radius 3 is 3.00 bits per heavy atom. The molecule has 2 unspecified atom stereocenters. The Balaban J connectivity index is 1.74. The highest BCUT2D eigenvalue weighted by atomic mass is 32.1. The first-order valence-corrected chi connectivity index (χ1v) is 9.46. The van der Waals surface area contributed by atoms with Gasteiger partial charge in [-0.1, -0.05) is 6.92 Å². The maximum atomic E-state index is 12.3. The van der Waals surface area contributed by atoms with E-state index in [-0.39, 0.29) is 23.5 Å².